The summed E-state index contributed by atoms with van der Waals surface area (Å²) in [5.74, 6) is -0.179. The molecule has 5 nitrogen and oxygen atoms in total. The van der Waals surface area contributed by atoms with Crippen LogP contribution in [0.4, 0.5) is 11.4 Å². The van der Waals surface area contributed by atoms with E-state index in [2.05, 4.69) is 4.72 Å². The second-order valence-electron chi connectivity index (χ2n) is 4.41. The zero-order chi connectivity index (χ0) is 14.6. The number of sulfonamides is 1. The number of rotatable bonds is 5. The van der Waals surface area contributed by atoms with Crippen molar-refractivity contribution in [3.8, 4) is 0 Å². The molecular formula is C14H16N2O3S. The quantitative estimate of drug-likeness (QED) is 0.731. The molecule has 106 valence electrons. The van der Waals surface area contributed by atoms with Crippen LogP contribution in [0.1, 0.15) is 11.1 Å². The van der Waals surface area contributed by atoms with Gasteiger partial charge in [-0.1, -0.05) is 30.3 Å². The first-order valence-electron chi connectivity index (χ1n) is 6.04. The molecule has 0 unspecified atom stereocenters. The Bertz CT molecular complexity index is 682. The predicted molar refractivity (Wildman–Crippen MR) is 79.5 cm³/mol. The molecule has 0 radical (unpaired) electrons. The van der Waals surface area contributed by atoms with Gasteiger partial charge in [-0.2, -0.15) is 0 Å². The van der Waals surface area contributed by atoms with Crippen molar-refractivity contribution in [2.45, 2.75) is 12.4 Å². The van der Waals surface area contributed by atoms with Crippen LogP contribution >= 0.6 is 0 Å². The number of para-hydroxylation sites is 1. The summed E-state index contributed by atoms with van der Waals surface area (Å²) >= 11 is 0. The van der Waals surface area contributed by atoms with E-state index in [1.807, 2.05) is 0 Å². The number of nitrogen functional groups attached to an aromatic ring is 1. The number of anilines is 2. The third-order valence-corrected chi connectivity index (χ3v) is 4.05. The van der Waals surface area contributed by atoms with Crippen molar-refractivity contribution < 1.29 is 13.5 Å². The van der Waals surface area contributed by atoms with E-state index in [-0.39, 0.29) is 12.4 Å². The van der Waals surface area contributed by atoms with E-state index in [0.717, 1.165) is 5.56 Å². The highest BCUT2D eigenvalue weighted by molar-refractivity contribution is 7.91. The van der Waals surface area contributed by atoms with Crippen LogP contribution in [0.3, 0.4) is 0 Å². The molecule has 0 fully saturated rings. The summed E-state index contributed by atoms with van der Waals surface area (Å²) in [5.41, 5.74) is 7.93. The van der Waals surface area contributed by atoms with E-state index in [0.29, 0.717) is 16.9 Å². The van der Waals surface area contributed by atoms with Crippen molar-refractivity contribution in [2.75, 3.05) is 10.5 Å². The van der Waals surface area contributed by atoms with Gasteiger partial charge >= 0.3 is 0 Å². The average molecular weight is 292 g/mol. The lowest BCUT2D eigenvalue weighted by Gasteiger charge is -2.10. The third-order valence-electron chi connectivity index (χ3n) is 2.81. The van der Waals surface area contributed by atoms with Crippen molar-refractivity contribution in [2.24, 2.45) is 0 Å². The molecule has 0 aliphatic carbocycles. The Balaban J connectivity index is 2.13. The number of benzene rings is 2. The molecule has 4 N–H and O–H groups in total. The summed E-state index contributed by atoms with van der Waals surface area (Å²) in [4.78, 5) is 0. The number of nitrogens with two attached hydrogens (primary N) is 1. The van der Waals surface area contributed by atoms with Gasteiger partial charge in [-0.15, -0.1) is 0 Å². The minimum absolute atomic E-state index is 0.0758. The van der Waals surface area contributed by atoms with E-state index < -0.39 is 10.0 Å². The Hall–Kier alpha value is -2.05. The molecule has 0 heterocycles. The number of aliphatic hydroxyl groups excluding tert-OH is 1. The summed E-state index contributed by atoms with van der Waals surface area (Å²) < 4.78 is 26.6. The van der Waals surface area contributed by atoms with Crippen LogP contribution in [0.15, 0.2) is 48.5 Å². The maximum Gasteiger partial charge on any atom is 0.236 e. The minimum Gasteiger partial charge on any atom is -0.398 e. The summed E-state index contributed by atoms with van der Waals surface area (Å²) in [7, 11) is -3.52. The number of hydrogen-bond acceptors (Lipinski definition) is 4. The van der Waals surface area contributed by atoms with Gasteiger partial charge in [0.25, 0.3) is 0 Å². The van der Waals surface area contributed by atoms with Gasteiger partial charge in [0.05, 0.1) is 12.4 Å². The van der Waals surface area contributed by atoms with E-state index in [9.17, 15) is 8.42 Å². The van der Waals surface area contributed by atoms with Gasteiger partial charge < -0.3 is 10.8 Å². The van der Waals surface area contributed by atoms with Crippen molar-refractivity contribution >= 4 is 21.4 Å². The van der Waals surface area contributed by atoms with Crippen LogP contribution in [0, 0.1) is 0 Å². The van der Waals surface area contributed by atoms with Crippen LogP contribution in [0.2, 0.25) is 0 Å². The Labute approximate surface area is 118 Å². The van der Waals surface area contributed by atoms with E-state index in [1.165, 1.54) is 0 Å². The topological polar surface area (TPSA) is 92.4 Å². The molecule has 0 aliphatic heterocycles. The van der Waals surface area contributed by atoms with Crippen LogP contribution in [-0.4, -0.2) is 13.5 Å². The highest BCUT2D eigenvalue weighted by Crippen LogP contribution is 2.17. The van der Waals surface area contributed by atoms with E-state index >= 15 is 0 Å². The first-order chi connectivity index (χ1) is 9.50. The molecule has 0 aromatic heterocycles. The van der Waals surface area contributed by atoms with Gasteiger partial charge in [0.15, 0.2) is 0 Å². The zero-order valence-electron chi connectivity index (χ0n) is 10.8. The number of hydrogen-bond donors (Lipinski definition) is 3. The minimum atomic E-state index is -3.52. The van der Waals surface area contributed by atoms with Crippen LogP contribution in [0.25, 0.3) is 0 Å². The lowest BCUT2D eigenvalue weighted by Crippen LogP contribution is -2.15. The van der Waals surface area contributed by atoms with Gasteiger partial charge in [0, 0.05) is 11.4 Å². The monoisotopic (exact) mass is 292 g/mol. The average Bonchev–Trinajstić information content (AvgIpc) is 2.41. The van der Waals surface area contributed by atoms with Crippen molar-refractivity contribution in [3.63, 3.8) is 0 Å². The molecule has 2 aromatic carbocycles. The van der Waals surface area contributed by atoms with Gasteiger partial charge in [-0.3, -0.25) is 4.72 Å². The van der Waals surface area contributed by atoms with Crippen LogP contribution in [-0.2, 0) is 22.4 Å². The molecule has 6 heteroatoms. The fraction of sp³-hybridized carbons (Fsp3) is 0.143. The van der Waals surface area contributed by atoms with Gasteiger partial charge in [-0.25, -0.2) is 8.42 Å². The molecule has 20 heavy (non-hydrogen) atoms. The SMILES string of the molecule is Nc1ccccc1CS(=O)(=O)Nc1ccc(CO)cc1. The maximum atomic E-state index is 12.1. The lowest BCUT2D eigenvalue weighted by molar-refractivity contribution is 0.282. The smallest absolute Gasteiger partial charge is 0.236 e. The highest BCUT2D eigenvalue weighted by atomic mass is 32.2. The first kappa shape index (κ1) is 14.4. The molecule has 0 atom stereocenters. The molecule has 2 aromatic rings. The summed E-state index contributed by atoms with van der Waals surface area (Å²) in [6.07, 6.45) is 0. The molecule has 0 spiro atoms. The second-order valence-corrected chi connectivity index (χ2v) is 6.14. The largest absolute Gasteiger partial charge is 0.398 e. The molecular weight excluding hydrogens is 276 g/mol. The van der Waals surface area contributed by atoms with Crippen LogP contribution < -0.4 is 10.5 Å². The fourth-order valence-electron chi connectivity index (χ4n) is 1.76. The summed E-state index contributed by atoms with van der Waals surface area (Å²) in [5, 5.41) is 8.93. The Morgan fingerprint density at radius 3 is 2.30 bits per heavy atom. The predicted octanol–water partition coefficient (Wildman–Crippen LogP) is 1.70. The van der Waals surface area contributed by atoms with Gasteiger partial charge in [0.2, 0.25) is 10.0 Å². The zero-order valence-corrected chi connectivity index (χ0v) is 11.6. The van der Waals surface area contributed by atoms with Crippen molar-refractivity contribution in [3.05, 3.63) is 59.7 Å². The Morgan fingerprint density at radius 1 is 1.05 bits per heavy atom. The number of aliphatic hydroxyl groups is 1. The van der Waals surface area contributed by atoms with Gasteiger partial charge in [0.1, 0.15) is 0 Å². The molecule has 0 amide bonds. The molecule has 0 saturated carbocycles. The lowest BCUT2D eigenvalue weighted by atomic mass is 10.2. The maximum absolute atomic E-state index is 12.1. The Kier molecular flexibility index (Phi) is 4.26. The first-order valence-corrected chi connectivity index (χ1v) is 7.69. The highest BCUT2D eigenvalue weighted by Gasteiger charge is 2.13. The second kappa shape index (κ2) is 5.94. The molecule has 0 saturated heterocycles. The van der Waals surface area contributed by atoms with Crippen molar-refractivity contribution in [1.82, 2.24) is 0 Å². The van der Waals surface area contributed by atoms with E-state index in [4.69, 9.17) is 10.8 Å². The van der Waals surface area contributed by atoms with Crippen LogP contribution in [0.5, 0.6) is 0 Å². The number of nitrogens with one attached hydrogen (secondary N) is 1. The summed E-state index contributed by atoms with van der Waals surface area (Å²) in [6.45, 7) is -0.0758. The molecule has 0 aliphatic rings. The fourth-order valence-corrected chi connectivity index (χ4v) is 3.00. The third kappa shape index (κ3) is 3.72. The standard InChI is InChI=1S/C14H16N2O3S/c15-14-4-2-1-3-12(14)10-20(18,19)16-13-7-5-11(9-17)6-8-13/h1-8,16-17H,9-10,15H2. The normalized spacial score (nSPS) is 11.2. The van der Waals surface area contributed by atoms with E-state index in [1.54, 1.807) is 48.5 Å². The summed E-state index contributed by atoms with van der Waals surface area (Å²) in [6, 6.07) is 13.4. The van der Waals surface area contributed by atoms with Crippen molar-refractivity contribution in [1.29, 1.82) is 0 Å². The molecule has 2 rings (SSSR count). The van der Waals surface area contributed by atoms with Gasteiger partial charge in [-0.05, 0) is 29.3 Å². The Morgan fingerprint density at radius 2 is 1.70 bits per heavy atom. The molecule has 0 bridgehead atoms.